The molecule has 0 amide bonds. The molecule has 6 nitrogen and oxygen atoms in total. The first kappa shape index (κ1) is 11.8. The van der Waals surface area contributed by atoms with Crippen LogP contribution in [0.5, 0.6) is 0 Å². The van der Waals surface area contributed by atoms with Gasteiger partial charge in [0.1, 0.15) is 5.82 Å². The quantitative estimate of drug-likeness (QED) is 0.757. The zero-order chi connectivity index (χ0) is 13.6. The summed E-state index contributed by atoms with van der Waals surface area (Å²) in [6.07, 6.45) is 2.54. The van der Waals surface area contributed by atoms with E-state index in [0.29, 0.717) is 21.5 Å². The Morgan fingerprint density at radius 3 is 2.95 bits per heavy atom. The van der Waals surface area contributed by atoms with Gasteiger partial charge in [0.15, 0.2) is 0 Å². The third kappa shape index (κ3) is 1.99. The second-order valence-electron chi connectivity index (χ2n) is 3.82. The summed E-state index contributed by atoms with van der Waals surface area (Å²) in [5.74, 6) is -1.16. The Hall–Kier alpha value is -2.22. The van der Waals surface area contributed by atoms with Crippen molar-refractivity contribution in [3.05, 3.63) is 40.4 Å². The molecule has 3 aromatic rings. The van der Waals surface area contributed by atoms with Crippen molar-refractivity contribution < 1.29 is 14.3 Å². The summed E-state index contributed by atoms with van der Waals surface area (Å²) >= 11 is 3.08. The van der Waals surface area contributed by atoms with Gasteiger partial charge in [0.05, 0.1) is 27.3 Å². The molecule has 0 aliphatic rings. The lowest BCUT2D eigenvalue weighted by molar-refractivity contribution is 0.0697. The van der Waals surface area contributed by atoms with Gasteiger partial charge in [-0.1, -0.05) is 0 Å². The Labute approximate surface area is 114 Å². The van der Waals surface area contributed by atoms with Gasteiger partial charge >= 0.3 is 5.97 Å². The molecule has 3 rings (SSSR count). The van der Waals surface area contributed by atoms with Crippen molar-refractivity contribution in [2.75, 3.05) is 0 Å². The topological polar surface area (TPSA) is 83.8 Å². The molecule has 0 radical (unpaired) electrons. The lowest BCUT2D eigenvalue weighted by Crippen LogP contribution is -1.97. The number of carboxylic acids is 1. The molecule has 0 saturated heterocycles. The largest absolute Gasteiger partial charge is 0.478 e. The Bertz CT molecular complexity index is 756. The second kappa shape index (κ2) is 4.16. The van der Waals surface area contributed by atoms with Gasteiger partial charge in [-0.2, -0.15) is 5.10 Å². The number of imidazole rings is 1. The number of fused-ring (bicyclic) bond motifs is 1. The predicted molar refractivity (Wildman–Crippen MR) is 67.8 cm³/mol. The molecule has 96 valence electrons. The smallest absolute Gasteiger partial charge is 0.338 e. The van der Waals surface area contributed by atoms with Crippen LogP contribution in [0.2, 0.25) is 0 Å². The van der Waals surface area contributed by atoms with Crippen molar-refractivity contribution in [2.45, 2.75) is 0 Å². The fourth-order valence-electron chi connectivity index (χ4n) is 1.65. The van der Waals surface area contributed by atoms with Crippen LogP contribution in [-0.4, -0.2) is 30.8 Å². The Morgan fingerprint density at radius 2 is 2.26 bits per heavy atom. The van der Waals surface area contributed by atoms with E-state index in [-0.39, 0.29) is 5.56 Å². The van der Waals surface area contributed by atoms with Crippen molar-refractivity contribution in [3.8, 4) is 5.95 Å². The van der Waals surface area contributed by atoms with Gasteiger partial charge in [-0.05, 0) is 22.0 Å². The molecule has 0 unspecified atom stereocenters. The van der Waals surface area contributed by atoms with E-state index in [1.165, 1.54) is 29.2 Å². The lowest BCUT2D eigenvalue weighted by atomic mass is 10.3. The normalized spacial score (nSPS) is 11.1. The summed E-state index contributed by atoms with van der Waals surface area (Å²) in [5, 5.41) is 12.7. The third-order valence-electron chi connectivity index (χ3n) is 2.56. The monoisotopic (exact) mass is 324 g/mol. The van der Waals surface area contributed by atoms with Crippen LogP contribution in [0.4, 0.5) is 4.39 Å². The molecule has 0 aliphatic carbocycles. The molecule has 2 aromatic heterocycles. The number of aromatic nitrogens is 4. The number of hydrogen-bond acceptors (Lipinski definition) is 3. The van der Waals surface area contributed by atoms with Gasteiger partial charge in [-0.3, -0.25) is 0 Å². The molecule has 0 saturated carbocycles. The molecule has 8 heteroatoms. The van der Waals surface area contributed by atoms with Crippen molar-refractivity contribution >= 4 is 32.9 Å². The number of carboxylic acid groups (broad SMARTS) is 1. The first-order valence-corrected chi connectivity index (χ1v) is 5.97. The summed E-state index contributed by atoms with van der Waals surface area (Å²) in [5.41, 5.74) is 1.10. The molecule has 0 aliphatic heterocycles. The highest BCUT2D eigenvalue weighted by atomic mass is 79.9. The minimum atomic E-state index is -1.07. The zero-order valence-electron chi connectivity index (χ0n) is 9.26. The first-order valence-electron chi connectivity index (χ1n) is 5.17. The SMILES string of the molecule is O=C(O)c1cnn(-c2nc3cc(Br)c(F)cc3[nH]2)c1. The molecule has 19 heavy (non-hydrogen) atoms. The standard InChI is InChI=1S/C11H6BrFN4O2/c12-6-1-8-9(2-7(6)13)16-11(15-8)17-4-5(3-14-17)10(18)19/h1-4H,(H,15,16)(H,18,19). The van der Waals surface area contributed by atoms with Crippen LogP contribution in [0.1, 0.15) is 10.4 Å². The number of nitrogens with one attached hydrogen (secondary N) is 1. The van der Waals surface area contributed by atoms with Gasteiger partial charge < -0.3 is 10.1 Å². The fraction of sp³-hybridized carbons (Fsp3) is 0. The van der Waals surface area contributed by atoms with Crippen LogP contribution in [0.3, 0.4) is 0 Å². The summed E-state index contributed by atoms with van der Waals surface area (Å²) in [4.78, 5) is 17.8. The Balaban J connectivity index is 2.12. The minimum absolute atomic E-state index is 0.0489. The average Bonchev–Trinajstić information content (AvgIpc) is 2.95. The zero-order valence-corrected chi connectivity index (χ0v) is 10.8. The number of aromatic carboxylic acids is 1. The van der Waals surface area contributed by atoms with Crippen LogP contribution in [0, 0.1) is 5.82 Å². The van der Waals surface area contributed by atoms with Crippen LogP contribution in [-0.2, 0) is 0 Å². The highest BCUT2D eigenvalue weighted by molar-refractivity contribution is 9.10. The number of benzene rings is 1. The number of rotatable bonds is 2. The molecule has 0 atom stereocenters. The van der Waals surface area contributed by atoms with E-state index in [1.807, 2.05) is 0 Å². The van der Waals surface area contributed by atoms with Gasteiger partial charge in [-0.25, -0.2) is 18.9 Å². The van der Waals surface area contributed by atoms with E-state index in [9.17, 15) is 9.18 Å². The van der Waals surface area contributed by atoms with Gasteiger partial charge in [0.25, 0.3) is 0 Å². The van der Waals surface area contributed by atoms with Crippen molar-refractivity contribution in [1.29, 1.82) is 0 Å². The third-order valence-corrected chi connectivity index (χ3v) is 3.17. The Kier molecular flexibility index (Phi) is 2.59. The Morgan fingerprint density at radius 1 is 1.47 bits per heavy atom. The van der Waals surface area contributed by atoms with E-state index >= 15 is 0 Å². The van der Waals surface area contributed by atoms with Crippen LogP contribution in [0.15, 0.2) is 29.0 Å². The van der Waals surface area contributed by atoms with Crippen molar-refractivity contribution in [1.82, 2.24) is 19.7 Å². The highest BCUT2D eigenvalue weighted by Gasteiger charge is 2.11. The van der Waals surface area contributed by atoms with Gasteiger partial charge in [0, 0.05) is 12.3 Å². The molecule has 0 spiro atoms. The lowest BCUT2D eigenvalue weighted by Gasteiger charge is -1.92. The maximum absolute atomic E-state index is 13.4. The molecule has 2 N–H and O–H groups in total. The van der Waals surface area contributed by atoms with Crippen molar-refractivity contribution in [3.63, 3.8) is 0 Å². The maximum atomic E-state index is 13.4. The average molecular weight is 325 g/mol. The number of nitrogens with zero attached hydrogens (tertiary/aromatic N) is 3. The van der Waals surface area contributed by atoms with Crippen LogP contribution < -0.4 is 0 Å². The van der Waals surface area contributed by atoms with E-state index in [2.05, 4.69) is 31.0 Å². The number of aromatic amines is 1. The second-order valence-corrected chi connectivity index (χ2v) is 4.68. The van der Waals surface area contributed by atoms with Crippen LogP contribution >= 0.6 is 15.9 Å². The number of H-pyrrole nitrogens is 1. The molecule has 2 heterocycles. The van der Waals surface area contributed by atoms with E-state index < -0.39 is 11.8 Å². The van der Waals surface area contributed by atoms with E-state index in [1.54, 1.807) is 0 Å². The van der Waals surface area contributed by atoms with Crippen molar-refractivity contribution in [2.24, 2.45) is 0 Å². The molecular weight excluding hydrogens is 319 g/mol. The van der Waals surface area contributed by atoms with Gasteiger partial charge in [0.2, 0.25) is 5.95 Å². The first-order chi connectivity index (χ1) is 9.04. The highest BCUT2D eigenvalue weighted by Crippen LogP contribution is 2.22. The summed E-state index contributed by atoms with van der Waals surface area (Å²) in [7, 11) is 0. The number of carbonyl (C=O) groups is 1. The number of halogens is 2. The molecule has 1 aromatic carbocycles. The van der Waals surface area contributed by atoms with Crippen LogP contribution in [0.25, 0.3) is 17.0 Å². The summed E-state index contributed by atoms with van der Waals surface area (Å²) < 4.78 is 15.0. The fourth-order valence-corrected chi connectivity index (χ4v) is 1.98. The maximum Gasteiger partial charge on any atom is 0.338 e. The van der Waals surface area contributed by atoms with E-state index in [4.69, 9.17) is 5.11 Å². The molecule has 0 fully saturated rings. The molecule has 0 bridgehead atoms. The van der Waals surface area contributed by atoms with E-state index in [0.717, 1.165) is 0 Å². The number of hydrogen-bond donors (Lipinski definition) is 2. The van der Waals surface area contributed by atoms with Gasteiger partial charge in [-0.15, -0.1) is 0 Å². The molecular formula is C11H6BrFN4O2. The minimum Gasteiger partial charge on any atom is -0.478 e. The summed E-state index contributed by atoms with van der Waals surface area (Å²) in [6, 6.07) is 2.84. The summed E-state index contributed by atoms with van der Waals surface area (Å²) in [6.45, 7) is 0. The predicted octanol–water partition coefficient (Wildman–Crippen LogP) is 2.35.